The Kier molecular flexibility index (Phi) is 2.47. The van der Waals surface area contributed by atoms with Gasteiger partial charge in [-0.15, -0.1) is 4.73 Å². The van der Waals surface area contributed by atoms with E-state index in [4.69, 9.17) is 5.73 Å². The average molecular weight is 254 g/mol. The molecule has 0 radical (unpaired) electrons. The lowest BCUT2D eigenvalue weighted by atomic mass is 10.0. The van der Waals surface area contributed by atoms with Gasteiger partial charge in [-0.2, -0.15) is 0 Å². The van der Waals surface area contributed by atoms with E-state index in [2.05, 4.69) is 4.98 Å². The maximum absolute atomic E-state index is 11.3. The Morgan fingerprint density at radius 2 is 2.22 bits per heavy atom. The van der Waals surface area contributed by atoms with Crippen molar-refractivity contribution in [1.29, 1.82) is 0 Å². The number of aliphatic hydroxyl groups excluding tert-OH is 1. The summed E-state index contributed by atoms with van der Waals surface area (Å²) in [6.07, 6.45) is -1.18. The largest absolute Gasteiger partial charge is 0.424 e. The van der Waals surface area contributed by atoms with Crippen molar-refractivity contribution in [3.63, 3.8) is 0 Å². The third-order valence-electron chi connectivity index (χ3n) is 2.62. The molecule has 5 N–H and O–H groups in total. The summed E-state index contributed by atoms with van der Waals surface area (Å²) in [5.74, 6) is 0. The second-order valence-corrected chi connectivity index (χ2v) is 3.79. The number of nitrogens with two attached hydrogens (primary N) is 1. The summed E-state index contributed by atoms with van der Waals surface area (Å²) in [5.41, 5.74) is 3.87. The normalized spacial score (nSPS) is 12.8. The van der Waals surface area contributed by atoms with E-state index in [1.54, 1.807) is 0 Å². The van der Waals surface area contributed by atoms with Crippen molar-refractivity contribution in [2.45, 2.75) is 13.0 Å². The van der Waals surface area contributed by atoms with Gasteiger partial charge in [0.15, 0.2) is 0 Å². The van der Waals surface area contributed by atoms with Crippen LogP contribution in [0.3, 0.4) is 0 Å². The lowest BCUT2D eigenvalue weighted by Crippen LogP contribution is -2.14. The zero-order valence-electron chi connectivity index (χ0n) is 9.25. The Morgan fingerprint density at radius 3 is 2.72 bits per heavy atom. The number of anilines is 1. The minimum Gasteiger partial charge on any atom is -0.424 e. The molecule has 0 amide bonds. The first kappa shape index (κ1) is 11.9. The molecule has 0 fully saturated rings. The summed E-state index contributed by atoms with van der Waals surface area (Å²) in [7, 11) is 0. The molecule has 9 heteroatoms. The summed E-state index contributed by atoms with van der Waals surface area (Å²) in [4.78, 5) is 23.6. The number of hydrogen-bond acceptors (Lipinski definition) is 6. The molecule has 0 aliphatic carbocycles. The average Bonchev–Trinajstić information content (AvgIpc) is 2.54. The second-order valence-electron chi connectivity index (χ2n) is 3.79. The van der Waals surface area contributed by atoms with Crippen molar-refractivity contribution in [3.8, 4) is 0 Å². The van der Waals surface area contributed by atoms with Crippen molar-refractivity contribution in [3.05, 3.63) is 32.2 Å². The Bertz CT molecular complexity index is 699. The van der Waals surface area contributed by atoms with Crippen LogP contribution >= 0.6 is 0 Å². The van der Waals surface area contributed by atoms with Gasteiger partial charge in [0, 0.05) is 11.6 Å². The highest BCUT2D eigenvalue weighted by molar-refractivity contribution is 5.89. The first-order valence-electron chi connectivity index (χ1n) is 4.93. The SMILES string of the molecule is CC(O)c1c(N)c([N+](=O)[O-])cc2[nH]c(=O)n(O)c12. The van der Waals surface area contributed by atoms with Crippen LogP contribution < -0.4 is 11.4 Å². The summed E-state index contributed by atoms with van der Waals surface area (Å²) in [6, 6.07) is 1.03. The number of H-pyrrole nitrogens is 1. The monoisotopic (exact) mass is 254 g/mol. The number of aromatic amines is 1. The number of aromatic nitrogens is 2. The molecular formula is C9H10N4O5. The highest BCUT2D eigenvalue weighted by atomic mass is 16.6. The van der Waals surface area contributed by atoms with Crippen molar-refractivity contribution in [2.75, 3.05) is 5.73 Å². The van der Waals surface area contributed by atoms with Crippen LogP contribution in [0.1, 0.15) is 18.6 Å². The van der Waals surface area contributed by atoms with Crippen LogP contribution in [0.2, 0.25) is 0 Å². The Labute approximate surface area is 99.2 Å². The van der Waals surface area contributed by atoms with Crippen molar-refractivity contribution in [2.24, 2.45) is 0 Å². The molecule has 0 bridgehead atoms. The minimum atomic E-state index is -1.18. The number of nitrogens with one attached hydrogen (secondary N) is 1. The van der Waals surface area contributed by atoms with Gasteiger partial charge in [0.25, 0.3) is 5.69 Å². The first-order chi connectivity index (χ1) is 8.34. The van der Waals surface area contributed by atoms with Gasteiger partial charge in [-0.05, 0) is 6.92 Å². The molecule has 9 nitrogen and oxygen atoms in total. The first-order valence-corrected chi connectivity index (χ1v) is 4.93. The summed E-state index contributed by atoms with van der Waals surface area (Å²) in [5, 5.41) is 29.9. The predicted octanol–water partition coefficient (Wildman–Crippen LogP) is 0.111. The van der Waals surface area contributed by atoms with Crippen LogP contribution in [0.25, 0.3) is 11.0 Å². The van der Waals surface area contributed by atoms with Gasteiger partial charge in [-0.3, -0.25) is 10.1 Å². The van der Waals surface area contributed by atoms with Crippen LogP contribution in [-0.4, -0.2) is 25.0 Å². The standard InChI is InChI=1S/C9H10N4O5/c1-3(14)6-7(10)5(13(17)18)2-4-8(6)12(16)9(15)11-4/h2-3,14,16H,10H2,1H3,(H,11,15). The number of imidazole rings is 1. The Hall–Kier alpha value is -2.55. The Morgan fingerprint density at radius 1 is 1.61 bits per heavy atom. The van der Waals surface area contributed by atoms with E-state index in [0.717, 1.165) is 6.07 Å². The van der Waals surface area contributed by atoms with Crippen molar-refractivity contribution >= 4 is 22.4 Å². The quantitative estimate of drug-likeness (QED) is 0.259. The summed E-state index contributed by atoms with van der Waals surface area (Å²) in [6.45, 7) is 1.33. The molecule has 0 aliphatic heterocycles. The van der Waals surface area contributed by atoms with Gasteiger partial charge in [-0.25, -0.2) is 4.79 Å². The number of nitrogen functional groups attached to an aromatic ring is 1. The topological polar surface area (TPSA) is 147 Å². The van der Waals surface area contributed by atoms with Crippen LogP contribution in [0.5, 0.6) is 0 Å². The number of hydrogen-bond donors (Lipinski definition) is 4. The molecule has 18 heavy (non-hydrogen) atoms. The highest BCUT2D eigenvalue weighted by Crippen LogP contribution is 2.35. The molecule has 1 aromatic heterocycles. The van der Waals surface area contributed by atoms with Crippen LogP contribution in [-0.2, 0) is 0 Å². The van der Waals surface area contributed by atoms with E-state index < -0.39 is 22.4 Å². The fraction of sp³-hybridized carbons (Fsp3) is 0.222. The maximum atomic E-state index is 11.3. The van der Waals surface area contributed by atoms with E-state index in [1.165, 1.54) is 6.92 Å². The van der Waals surface area contributed by atoms with Gasteiger partial charge in [0.05, 0.1) is 16.5 Å². The predicted molar refractivity (Wildman–Crippen MR) is 61.4 cm³/mol. The van der Waals surface area contributed by atoms with E-state index in [0.29, 0.717) is 0 Å². The minimum absolute atomic E-state index is 0.0271. The van der Waals surface area contributed by atoms with E-state index in [-0.39, 0.29) is 27.0 Å². The third kappa shape index (κ3) is 1.49. The second kappa shape index (κ2) is 3.74. The van der Waals surface area contributed by atoms with Crippen molar-refractivity contribution < 1.29 is 15.2 Å². The number of nitrogens with zero attached hydrogens (tertiary/aromatic N) is 2. The smallest absolute Gasteiger partial charge is 0.359 e. The number of rotatable bonds is 2. The molecule has 2 rings (SSSR count). The van der Waals surface area contributed by atoms with Crippen molar-refractivity contribution in [1.82, 2.24) is 9.71 Å². The van der Waals surface area contributed by atoms with Gasteiger partial charge in [-0.1, -0.05) is 0 Å². The summed E-state index contributed by atoms with van der Waals surface area (Å²) < 4.78 is 0.261. The third-order valence-corrected chi connectivity index (χ3v) is 2.62. The van der Waals surface area contributed by atoms with Crippen LogP contribution in [0.4, 0.5) is 11.4 Å². The molecule has 2 aromatic rings. The van der Waals surface area contributed by atoms with Gasteiger partial charge < -0.3 is 21.0 Å². The van der Waals surface area contributed by atoms with E-state index in [1.807, 2.05) is 0 Å². The molecule has 1 atom stereocenters. The Balaban J connectivity index is 3.02. The molecule has 0 saturated carbocycles. The molecule has 1 unspecified atom stereocenters. The summed E-state index contributed by atoms with van der Waals surface area (Å²) >= 11 is 0. The molecule has 1 aromatic carbocycles. The zero-order chi connectivity index (χ0) is 13.6. The number of nitro groups is 1. The molecule has 0 saturated heterocycles. The zero-order valence-corrected chi connectivity index (χ0v) is 9.25. The van der Waals surface area contributed by atoms with Crippen LogP contribution in [0.15, 0.2) is 10.9 Å². The molecule has 96 valence electrons. The van der Waals surface area contributed by atoms with Crippen LogP contribution in [0, 0.1) is 10.1 Å². The number of fused-ring (bicyclic) bond motifs is 1. The molecular weight excluding hydrogens is 244 g/mol. The van der Waals surface area contributed by atoms with E-state index >= 15 is 0 Å². The van der Waals surface area contributed by atoms with E-state index in [9.17, 15) is 25.2 Å². The van der Waals surface area contributed by atoms with Gasteiger partial charge >= 0.3 is 5.69 Å². The van der Waals surface area contributed by atoms with Gasteiger partial charge in [0.2, 0.25) is 0 Å². The number of benzene rings is 1. The van der Waals surface area contributed by atoms with Gasteiger partial charge in [0.1, 0.15) is 11.2 Å². The number of nitro benzene ring substituents is 1. The molecule has 1 heterocycles. The fourth-order valence-electron chi connectivity index (χ4n) is 1.86. The molecule has 0 spiro atoms. The molecule has 0 aliphatic rings. The maximum Gasteiger partial charge on any atom is 0.359 e. The lowest BCUT2D eigenvalue weighted by molar-refractivity contribution is -0.383. The lowest BCUT2D eigenvalue weighted by Gasteiger charge is -2.10. The fourth-order valence-corrected chi connectivity index (χ4v) is 1.86. The highest BCUT2D eigenvalue weighted by Gasteiger charge is 2.25. The number of aliphatic hydroxyl groups is 1.